The second kappa shape index (κ2) is 6.15. The minimum atomic E-state index is -4.99. The molecule has 1 amide bonds. The number of hydrogen-bond donors (Lipinski definition) is 1. The first kappa shape index (κ1) is 17.4. The van der Waals surface area contributed by atoms with E-state index in [2.05, 4.69) is 21.0 Å². The molecule has 1 aromatic carbocycles. The lowest BCUT2D eigenvalue weighted by molar-refractivity contribution is -0.312. The van der Waals surface area contributed by atoms with E-state index >= 15 is 0 Å². The topological polar surface area (TPSA) is 52.9 Å². The molecule has 1 aromatic rings. The first-order valence-corrected chi connectivity index (χ1v) is 8.51. The molecule has 1 aliphatic carbocycles. The lowest BCUT2D eigenvalue weighted by Gasteiger charge is -2.37. The maximum atomic E-state index is 13.7. The van der Waals surface area contributed by atoms with Crippen LogP contribution in [0.15, 0.2) is 33.8 Å². The van der Waals surface area contributed by atoms with Crippen LogP contribution in [0.2, 0.25) is 0 Å². The number of alkyl halides is 3. The van der Waals surface area contributed by atoms with Crippen molar-refractivity contribution in [3.05, 3.63) is 34.3 Å². The van der Waals surface area contributed by atoms with E-state index in [1.165, 1.54) is 12.1 Å². The predicted octanol–water partition coefficient (Wildman–Crippen LogP) is 4.09. The zero-order valence-electron chi connectivity index (χ0n) is 12.7. The van der Waals surface area contributed by atoms with Crippen LogP contribution < -0.4 is 0 Å². The van der Waals surface area contributed by atoms with Gasteiger partial charge in [-0.15, -0.1) is 0 Å². The molecule has 0 spiro atoms. The van der Waals surface area contributed by atoms with Crippen LogP contribution in [0, 0.1) is 5.92 Å². The molecular weight excluding hydrogens is 389 g/mol. The average Bonchev–Trinajstić information content (AvgIpc) is 2.68. The third-order valence-electron chi connectivity index (χ3n) is 4.57. The maximum Gasteiger partial charge on any atom is 0.439 e. The highest BCUT2D eigenvalue weighted by Crippen LogP contribution is 2.48. The largest absolute Gasteiger partial charge is 0.439 e. The number of carbonyl (C=O) groups is 1. The van der Waals surface area contributed by atoms with Crippen molar-refractivity contribution in [3.63, 3.8) is 0 Å². The number of carbonyl (C=O) groups excluding carboxylic acids is 1. The van der Waals surface area contributed by atoms with Gasteiger partial charge < -0.3 is 5.11 Å². The summed E-state index contributed by atoms with van der Waals surface area (Å²) in [6.45, 7) is 0. The van der Waals surface area contributed by atoms with E-state index in [9.17, 15) is 23.1 Å². The van der Waals surface area contributed by atoms with Crippen molar-refractivity contribution in [1.82, 2.24) is 5.01 Å². The van der Waals surface area contributed by atoms with Crippen LogP contribution in [0.25, 0.3) is 0 Å². The number of aliphatic hydroxyl groups is 1. The van der Waals surface area contributed by atoms with Crippen LogP contribution >= 0.6 is 15.9 Å². The molecule has 1 saturated carbocycles. The quantitative estimate of drug-likeness (QED) is 0.765. The zero-order chi connectivity index (χ0) is 17.5. The van der Waals surface area contributed by atoms with Gasteiger partial charge in [0.15, 0.2) is 0 Å². The van der Waals surface area contributed by atoms with Gasteiger partial charge in [-0.1, -0.05) is 28.8 Å². The Hall–Kier alpha value is -1.41. The summed E-state index contributed by atoms with van der Waals surface area (Å²) >= 11 is 3.21. The SMILES string of the molecule is O=C(c1ccc(Br)cc1)N1N=C2CCCCC[C@@H]2[C@]1(O)C(F)(F)F. The molecule has 0 radical (unpaired) electrons. The van der Waals surface area contributed by atoms with Crippen molar-refractivity contribution >= 4 is 27.5 Å². The van der Waals surface area contributed by atoms with E-state index in [1.807, 2.05) is 0 Å². The summed E-state index contributed by atoms with van der Waals surface area (Å²) in [7, 11) is 0. The molecule has 1 N–H and O–H groups in total. The van der Waals surface area contributed by atoms with Crippen LogP contribution in [0.4, 0.5) is 13.2 Å². The Kier molecular flexibility index (Phi) is 4.46. The maximum absolute atomic E-state index is 13.7. The van der Waals surface area contributed by atoms with Crippen molar-refractivity contribution in [2.24, 2.45) is 11.0 Å². The van der Waals surface area contributed by atoms with Crippen molar-refractivity contribution in [2.75, 3.05) is 0 Å². The lowest BCUT2D eigenvalue weighted by Crippen LogP contribution is -2.61. The number of nitrogens with zero attached hydrogens (tertiary/aromatic N) is 2. The van der Waals surface area contributed by atoms with Crippen LogP contribution in [0.1, 0.15) is 42.5 Å². The smallest absolute Gasteiger partial charge is 0.362 e. The Morgan fingerprint density at radius 2 is 1.92 bits per heavy atom. The monoisotopic (exact) mass is 404 g/mol. The minimum absolute atomic E-state index is 0.0432. The molecule has 4 nitrogen and oxygen atoms in total. The summed E-state index contributed by atoms with van der Waals surface area (Å²) in [5, 5.41) is 14.7. The highest BCUT2D eigenvalue weighted by Gasteiger charge is 2.68. The fourth-order valence-electron chi connectivity index (χ4n) is 3.31. The summed E-state index contributed by atoms with van der Waals surface area (Å²) < 4.78 is 41.8. The molecule has 8 heteroatoms. The Balaban J connectivity index is 2.03. The van der Waals surface area contributed by atoms with Gasteiger partial charge in [-0.05, 0) is 43.5 Å². The van der Waals surface area contributed by atoms with Crippen molar-refractivity contribution in [3.8, 4) is 0 Å². The molecule has 0 unspecified atom stereocenters. The van der Waals surface area contributed by atoms with Crippen molar-refractivity contribution in [2.45, 2.75) is 44.0 Å². The normalized spacial score (nSPS) is 27.5. The number of rotatable bonds is 1. The van der Waals surface area contributed by atoms with E-state index in [0.29, 0.717) is 23.7 Å². The van der Waals surface area contributed by atoms with Gasteiger partial charge >= 0.3 is 6.18 Å². The number of benzene rings is 1. The van der Waals surface area contributed by atoms with Crippen LogP contribution in [-0.2, 0) is 0 Å². The van der Waals surface area contributed by atoms with Gasteiger partial charge in [0.05, 0.1) is 5.92 Å². The summed E-state index contributed by atoms with van der Waals surface area (Å²) in [6, 6.07) is 5.91. The molecule has 130 valence electrons. The molecule has 2 atom stereocenters. The Morgan fingerprint density at radius 3 is 2.54 bits per heavy atom. The van der Waals surface area contributed by atoms with E-state index in [-0.39, 0.29) is 22.7 Å². The lowest BCUT2D eigenvalue weighted by atomic mass is 9.87. The molecule has 0 saturated heterocycles. The first-order chi connectivity index (χ1) is 11.2. The fourth-order valence-corrected chi connectivity index (χ4v) is 3.57. The van der Waals surface area contributed by atoms with Gasteiger partial charge in [0.25, 0.3) is 11.6 Å². The number of halogens is 4. The van der Waals surface area contributed by atoms with E-state index < -0.39 is 23.7 Å². The van der Waals surface area contributed by atoms with E-state index in [0.717, 1.165) is 6.42 Å². The Labute approximate surface area is 145 Å². The number of hydrogen-bond acceptors (Lipinski definition) is 3. The second-order valence-electron chi connectivity index (χ2n) is 6.09. The Bertz CT molecular complexity index is 675. The van der Waals surface area contributed by atoms with Crippen LogP contribution in [-0.4, -0.2) is 33.6 Å². The van der Waals surface area contributed by atoms with Gasteiger partial charge in [-0.3, -0.25) is 4.79 Å². The summed E-state index contributed by atoms with van der Waals surface area (Å²) in [6.07, 6.45) is -2.37. The molecule has 1 fully saturated rings. The minimum Gasteiger partial charge on any atom is -0.362 e. The van der Waals surface area contributed by atoms with Crippen LogP contribution in [0.5, 0.6) is 0 Å². The summed E-state index contributed by atoms with van der Waals surface area (Å²) in [5.41, 5.74) is -2.98. The summed E-state index contributed by atoms with van der Waals surface area (Å²) in [5.74, 6) is -2.15. The molecule has 3 rings (SSSR count). The molecule has 24 heavy (non-hydrogen) atoms. The van der Waals surface area contributed by atoms with Gasteiger partial charge in [0.1, 0.15) is 0 Å². The molecule has 1 aliphatic heterocycles. The third kappa shape index (κ3) is 2.75. The van der Waals surface area contributed by atoms with Crippen molar-refractivity contribution < 1.29 is 23.1 Å². The van der Waals surface area contributed by atoms with Crippen molar-refractivity contribution in [1.29, 1.82) is 0 Å². The van der Waals surface area contributed by atoms with Gasteiger partial charge in [0.2, 0.25) is 0 Å². The predicted molar refractivity (Wildman–Crippen MR) is 85.3 cm³/mol. The summed E-state index contributed by atoms with van der Waals surface area (Å²) in [4.78, 5) is 12.6. The molecular formula is C16H16BrF3N2O2. The van der Waals surface area contributed by atoms with E-state index in [4.69, 9.17) is 0 Å². The molecule has 1 heterocycles. The number of hydrazone groups is 1. The number of fused-ring (bicyclic) bond motifs is 1. The molecule has 0 aromatic heterocycles. The third-order valence-corrected chi connectivity index (χ3v) is 5.09. The van der Waals surface area contributed by atoms with Gasteiger partial charge in [-0.2, -0.15) is 23.3 Å². The molecule has 0 bridgehead atoms. The van der Waals surface area contributed by atoms with Gasteiger partial charge in [0, 0.05) is 15.7 Å². The Morgan fingerprint density at radius 1 is 1.25 bits per heavy atom. The second-order valence-corrected chi connectivity index (χ2v) is 7.01. The molecule has 2 aliphatic rings. The fraction of sp³-hybridized carbons (Fsp3) is 0.500. The highest BCUT2D eigenvalue weighted by atomic mass is 79.9. The highest BCUT2D eigenvalue weighted by molar-refractivity contribution is 9.10. The van der Waals surface area contributed by atoms with Crippen LogP contribution in [0.3, 0.4) is 0 Å². The van der Waals surface area contributed by atoms with E-state index in [1.54, 1.807) is 12.1 Å². The zero-order valence-corrected chi connectivity index (χ0v) is 14.3. The number of amides is 1. The standard InChI is InChI=1S/C16H16BrF3N2O2/c17-11-8-6-10(7-9-11)14(23)22-15(24,16(18,19)20)12-4-2-1-3-5-13(12)21-22/h6-9,12,24H,1-5H2/t12-,15-/m0/s1. The van der Waals surface area contributed by atoms with Gasteiger partial charge in [-0.25, -0.2) is 0 Å². The first-order valence-electron chi connectivity index (χ1n) is 7.71. The average molecular weight is 405 g/mol.